The Labute approximate surface area is 227 Å². The van der Waals surface area contributed by atoms with Crippen LogP contribution in [0.2, 0.25) is 4.47 Å². The Morgan fingerprint density at radius 2 is 1.50 bits per heavy atom. The molecule has 176 valence electrons. The van der Waals surface area contributed by atoms with Crippen molar-refractivity contribution in [1.29, 1.82) is 5.41 Å². The summed E-state index contributed by atoms with van der Waals surface area (Å²) in [6, 6.07) is 16.2. The Balaban J connectivity index is 0.000000480. The molecule has 0 spiro atoms. The Hall–Kier alpha value is -0.440. The maximum absolute atomic E-state index is 7.11. The van der Waals surface area contributed by atoms with Crippen LogP contribution in [0, 0.1) is 19.3 Å². The smallest absolute Gasteiger partial charge is 0.251 e. The second-order valence-electron chi connectivity index (χ2n) is 6.22. The van der Waals surface area contributed by atoms with Gasteiger partial charge in [0.25, 0.3) is 3.12 Å². The third kappa shape index (κ3) is 14.0. The van der Waals surface area contributed by atoms with E-state index in [1.165, 1.54) is 28.2 Å². The van der Waals surface area contributed by atoms with Crippen LogP contribution < -0.4 is 5.73 Å². The summed E-state index contributed by atoms with van der Waals surface area (Å²) in [4.78, 5) is 4.12. The van der Waals surface area contributed by atoms with E-state index in [9.17, 15) is 0 Å². The van der Waals surface area contributed by atoms with Gasteiger partial charge in [-0.25, -0.2) is 4.98 Å². The van der Waals surface area contributed by atoms with Gasteiger partial charge in [0.1, 0.15) is 5.82 Å². The zero-order valence-corrected chi connectivity index (χ0v) is 23.3. The maximum Gasteiger partial charge on any atom is 0.251 e. The second kappa shape index (κ2) is 16.2. The Morgan fingerprint density at radius 3 is 1.88 bits per heavy atom. The molecule has 3 rings (SSSR count). The number of nitrogens with one attached hydrogen (secondary N) is 1. The van der Waals surface area contributed by atoms with Gasteiger partial charge in [0.15, 0.2) is 0 Å². The predicted octanol–water partition coefficient (Wildman–Crippen LogP) is 8.19. The molecule has 1 heterocycles. The minimum Gasteiger partial charge on any atom is -0.387 e. The number of nitrogens with zero attached hydrogens (tertiary/aromatic N) is 2. The zero-order valence-electron chi connectivity index (χ0n) is 17.1. The number of rotatable bonds is 4. The van der Waals surface area contributed by atoms with Crippen molar-refractivity contribution in [2.24, 2.45) is 5.73 Å². The van der Waals surface area contributed by atoms with Crippen LogP contribution in [0.15, 0.2) is 48.5 Å². The molecule has 0 aliphatic heterocycles. The summed E-state index contributed by atoms with van der Waals surface area (Å²) in [6.07, 6.45) is 1.32. The number of hydrogen-bond acceptors (Lipinski definition) is 5. The van der Waals surface area contributed by atoms with Crippen molar-refractivity contribution in [1.82, 2.24) is 9.36 Å². The molecule has 0 saturated carbocycles. The van der Waals surface area contributed by atoms with E-state index >= 15 is 0 Å². The zero-order chi connectivity index (χ0) is 23.4. The normalized spacial score (nSPS) is 10.1. The highest BCUT2D eigenvalue weighted by Crippen LogP contribution is 2.40. The molecule has 0 saturated heterocycles. The summed E-state index contributed by atoms with van der Waals surface area (Å²) in [5, 5.41) is 7.11. The minimum absolute atomic E-state index is 0. The van der Waals surface area contributed by atoms with Crippen LogP contribution in [0.3, 0.4) is 0 Å². The summed E-state index contributed by atoms with van der Waals surface area (Å²) in [5.41, 5.74) is 10.1. The summed E-state index contributed by atoms with van der Waals surface area (Å²) in [6.45, 7) is 4.11. The molecule has 0 atom stereocenters. The highest BCUT2D eigenvalue weighted by atomic mass is 35.7. The number of benzene rings is 2. The Morgan fingerprint density at radius 1 is 1.03 bits per heavy atom. The van der Waals surface area contributed by atoms with E-state index in [0.29, 0.717) is 21.9 Å². The predicted molar refractivity (Wildman–Crippen MR) is 147 cm³/mol. The van der Waals surface area contributed by atoms with E-state index in [4.69, 9.17) is 68.2 Å². The van der Waals surface area contributed by atoms with Crippen molar-refractivity contribution >= 4 is 97.8 Å². The monoisotopic (exact) mass is 592 g/mol. The molecule has 12 heteroatoms. The van der Waals surface area contributed by atoms with Crippen LogP contribution >= 0.6 is 92.0 Å². The summed E-state index contributed by atoms with van der Waals surface area (Å²) >= 11 is 22.2. The van der Waals surface area contributed by atoms with Crippen LogP contribution in [0.25, 0.3) is 0 Å². The third-order valence-corrected chi connectivity index (χ3v) is 6.89. The molecular weight excluding hydrogens is 573 g/mol. The lowest BCUT2D eigenvalue weighted by molar-refractivity contribution is 1.02. The second-order valence-corrected chi connectivity index (χ2v) is 11.7. The maximum atomic E-state index is 7.11. The van der Waals surface area contributed by atoms with Gasteiger partial charge < -0.3 is 5.73 Å². The van der Waals surface area contributed by atoms with Gasteiger partial charge in [-0.15, -0.1) is 12.4 Å². The number of nitrogens with two attached hydrogens (primary N) is 1. The van der Waals surface area contributed by atoms with E-state index in [0.717, 1.165) is 17.8 Å². The Bertz CT molecular complexity index is 963. The van der Waals surface area contributed by atoms with Crippen LogP contribution in [0.4, 0.5) is 0 Å². The van der Waals surface area contributed by atoms with Gasteiger partial charge in [0, 0.05) is 23.8 Å². The van der Waals surface area contributed by atoms with Crippen molar-refractivity contribution in [2.45, 2.75) is 29.8 Å². The molecule has 4 nitrogen and oxygen atoms in total. The van der Waals surface area contributed by atoms with Crippen LogP contribution in [0.5, 0.6) is 0 Å². The van der Waals surface area contributed by atoms with Gasteiger partial charge >= 0.3 is 0 Å². The summed E-state index contributed by atoms with van der Waals surface area (Å²) in [7, 11) is 5.65. The van der Waals surface area contributed by atoms with E-state index < -0.39 is 3.12 Å². The molecule has 0 amide bonds. The molecule has 0 fully saturated rings. The summed E-state index contributed by atoms with van der Waals surface area (Å²) in [5.74, 6) is 1.02. The van der Waals surface area contributed by atoms with Crippen molar-refractivity contribution in [3.05, 3.63) is 81.1 Å². The van der Waals surface area contributed by atoms with Gasteiger partial charge in [0.05, 0.1) is 5.84 Å². The lowest BCUT2D eigenvalue weighted by atomic mass is 10.1. The first-order valence-electron chi connectivity index (χ1n) is 8.78. The largest absolute Gasteiger partial charge is 0.387 e. The number of alkyl halides is 3. The van der Waals surface area contributed by atoms with E-state index in [1.807, 2.05) is 43.3 Å². The summed E-state index contributed by atoms with van der Waals surface area (Å²) < 4.78 is 3.30. The molecule has 0 bridgehead atoms. The minimum atomic E-state index is -1.36. The standard InChI is InChI=1S/C10H9ClN2S.C9H12N2.CCl4S.ClH/c1-7-4-2-3-5-8(7)6-9-12-10(11)14-13-9;1-7-4-2-3-5-8(7)6-9(10)11;2-1(3,4)6-5;/h2-5H,6H2,1H3;2-5H,6H2,1H3,(H3,10,11);;1H. The van der Waals surface area contributed by atoms with E-state index in [2.05, 4.69) is 28.4 Å². The molecule has 0 radical (unpaired) electrons. The first kappa shape index (κ1) is 31.6. The highest BCUT2D eigenvalue weighted by molar-refractivity contribution is 8.24. The first-order chi connectivity index (χ1) is 14.5. The van der Waals surface area contributed by atoms with Gasteiger partial charge in [0.2, 0.25) is 4.47 Å². The SMILES string of the molecule is Cc1ccccc1CC(=N)N.Cc1ccccc1Cc1nsc(Cl)n1.Cl.ClSC(Cl)(Cl)Cl. The van der Waals surface area contributed by atoms with Crippen LogP contribution in [0.1, 0.15) is 28.1 Å². The average Bonchev–Trinajstić information content (AvgIpc) is 3.10. The fourth-order valence-corrected chi connectivity index (χ4v) is 2.93. The Kier molecular flexibility index (Phi) is 16.0. The number of amidine groups is 1. The molecule has 1 aromatic heterocycles. The van der Waals surface area contributed by atoms with E-state index in [1.54, 1.807) is 0 Å². The highest BCUT2D eigenvalue weighted by Gasteiger charge is 2.17. The van der Waals surface area contributed by atoms with Crippen molar-refractivity contribution in [2.75, 3.05) is 0 Å². The molecule has 3 N–H and O–H groups in total. The topological polar surface area (TPSA) is 75.7 Å². The fraction of sp³-hybridized carbons (Fsp3) is 0.250. The fourth-order valence-electron chi connectivity index (χ4n) is 2.30. The molecule has 0 aliphatic carbocycles. The number of aryl methyl sites for hydroxylation is 2. The lowest BCUT2D eigenvalue weighted by Gasteiger charge is -2.02. The molecule has 3 aromatic rings. The van der Waals surface area contributed by atoms with Gasteiger partial charge in [-0.2, -0.15) is 4.37 Å². The molecular formula is C20H22Cl6N4S2. The average molecular weight is 595 g/mol. The van der Waals surface area contributed by atoms with Crippen molar-refractivity contribution < 1.29 is 0 Å². The lowest BCUT2D eigenvalue weighted by Crippen LogP contribution is -2.13. The number of hydrogen-bond donors (Lipinski definition) is 2. The molecule has 32 heavy (non-hydrogen) atoms. The van der Waals surface area contributed by atoms with Gasteiger partial charge in [-0.1, -0.05) is 83.3 Å². The van der Waals surface area contributed by atoms with Crippen molar-refractivity contribution in [3.8, 4) is 0 Å². The third-order valence-electron chi connectivity index (χ3n) is 3.78. The van der Waals surface area contributed by atoms with Gasteiger partial charge in [-0.05, 0) is 69.9 Å². The first-order valence-corrected chi connectivity index (χ1v) is 12.7. The van der Waals surface area contributed by atoms with Crippen LogP contribution in [-0.4, -0.2) is 18.3 Å². The van der Waals surface area contributed by atoms with E-state index in [-0.39, 0.29) is 18.2 Å². The molecule has 0 aliphatic rings. The molecule has 2 aromatic carbocycles. The quantitative estimate of drug-likeness (QED) is 0.181. The van der Waals surface area contributed by atoms with Crippen molar-refractivity contribution in [3.63, 3.8) is 0 Å². The van der Waals surface area contributed by atoms with Crippen LogP contribution in [-0.2, 0) is 12.8 Å². The molecule has 0 unspecified atom stereocenters. The number of aromatic nitrogens is 2. The number of halogens is 6. The van der Waals surface area contributed by atoms with Gasteiger partial charge in [-0.3, -0.25) is 5.41 Å².